The number of nitrogens with zero attached hydrogens (tertiary/aromatic N) is 4. The molecule has 1 amide bonds. The Kier molecular flexibility index (Phi) is 13.1. The summed E-state index contributed by atoms with van der Waals surface area (Å²) < 4.78 is 0. The van der Waals surface area contributed by atoms with Crippen molar-refractivity contribution in [2.24, 2.45) is 11.7 Å². The summed E-state index contributed by atoms with van der Waals surface area (Å²) >= 11 is 0. The van der Waals surface area contributed by atoms with Gasteiger partial charge in [0.2, 0.25) is 0 Å². The van der Waals surface area contributed by atoms with Gasteiger partial charge in [-0.2, -0.15) is 0 Å². The lowest BCUT2D eigenvalue weighted by molar-refractivity contribution is -0.117. The van der Waals surface area contributed by atoms with Gasteiger partial charge in [0.05, 0.1) is 52.6 Å². The molecule has 9 heteroatoms. The fraction of sp³-hybridized carbons (Fsp3) is 0.424. The van der Waals surface area contributed by atoms with Crippen molar-refractivity contribution in [1.29, 1.82) is 0 Å². The third-order valence-electron chi connectivity index (χ3n) is 7.47. The van der Waals surface area contributed by atoms with Gasteiger partial charge in [0.1, 0.15) is 6.29 Å². The number of anilines is 2. The van der Waals surface area contributed by atoms with Crippen molar-refractivity contribution in [1.82, 2.24) is 19.9 Å². The van der Waals surface area contributed by atoms with E-state index in [4.69, 9.17) is 5.73 Å². The molecule has 9 nitrogen and oxygen atoms in total. The smallest absolute Gasteiger partial charge is 0.259 e. The molecule has 0 atom stereocenters. The fourth-order valence-electron chi connectivity index (χ4n) is 4.97. The standard InChI is InChI=1S/C23H28N6O.C10H17NO/c1-5-7-8-10-17(9-6-2)21-14-28-22(15-27-21)19(12-24)23(30)29-20-11-18(25-4)13-26-16(20)3;12-8-9-6-11(7-9)10-4-2-1-3-5-10/h6-15,25H,5,24H2,1-4H3,(H,29,30);8-10H,1-7H2/b8-7+,9-6-,17-10+,19-12+;. The number of aldehydes is 1. The number of carbonyl (C=O) groups is 2. The Morgan fingerprint density at radius 2 is 1.81 bits per heavy atom. The minimum atomic E-state index is -0.382. The molecule has 4 N–H and O–H groups in total. The number of nitrogens with two attached hydrogens (primary N) is 1. The van der Waals surface area contributed by atoms with Gasteiger partial charge in [-0.3, -0.25) is 24.6 Å². The maximum absolute atomic E-state index is 12.8. The first kappa shape index (κ1) is 32.4. The highest BCUT2D eigenvalue weighted by Gasteiger charge is 2.32. The average Bonchev–Trinajstić information content (AvgIpc) is 2.99. The molecule has 1 saturated carbocycles. The molecule has 42 heavy (non-hydrogen) atoms. The van der Waals surface area contributed by atoms with Crippen molar-refractivity contribution in [3.63, 3.8) is 0 Å². The van der Waals surface area contributed by atoms with Gasteiger partial charge in [-0.1, -0.05) is 56.6 Å². The SMILES string of the molecule is C\C=C/C(=C\C=C\CC)c1cnc(/C(=C\N)C(=O)Nc2cc(NC)cnc2C)cn1.O=CC1CN(C2CCCCC2)C1. The van der Waals surface area contributed by atoms with E-state index in [1.165, 1.54) is 38.3 Å². The molecule has 2 aromatic heterocycles. The second-order valence-corrected chi connectivity index (χ2v) is 10.5. The van der Waals surface area contributed by atoms with E-state index in [1.807, 2.05) is 38.2 Å². The maximum atomic E-state index is 12.8. The normalized spacial score (nSPS) is 17.0. The van der Waals surface area contributed by atoms with Crippen molar-refractivity contribution in [2.45, 2.75) is 65.3 Å². The molecule has 1 aliphatic heterocycles. The largest absolute Gasteiger partial charge is 0.404 e. The van der Waals surface area contributed by atoms with Gasteiger partial charge in [-0.25, -0.2) is 0 Å². The highest BCUT2D eigenvalue weighted by molar-refractivity contribution is 6.24. The Balaban J connectivity index is 0.000000332. The summed E-state index contributed by atoms with van der Waals surface area (Å²) in [5.41, 5.74) is 10.1. The summed E-state index contributed by atoms with van der Waals surface area (Å²) in [5.74, 6) is -0.0280. The van der Waals surface area contributed by atoms with Crippen LogP contribution in [0.3, 0.4) is 0 Å². The van der Waals surface area contributed by atoms with E-state index in [-0.39, 0.29) is 11.5 Å². The maximum Gasteiger partial charge on any atom is 0.259 e. The third-order valence-corrected chi connectivity index (χ3v) is 7.47. The van der Waals surface area contributed by atoms with Crippen LogP contribution in [0.5, 0.6) is 0 Å². The molecule has 2 aliphatic rings. The van der Waals surface area contributed by atoms with Gasteiger partial charge >= 0.3 is 0 Å². The van der Waals surface area contributed by atoms with Crippen LogP contribution in [0.4, 0.5) is 11.4 Å². The summed E-state index contributed by atoms with van der Waals surface area (Å²) in [6.45, 7) is 7.91. The summed E-state index contributed by atoms with van der Waals surface area (Å²) in [7, 11) is 1.79. The van der Waals surface area contributed by atoms with Crippen molar-refractivity contribution >= 4 is 34.7 Å². The summed E-state index contributed by atoms with van der Waals surface area (Å²) in [5, 5.41) is 5.83. The first-order valence-electron chi connectivity index (χ1n) is 14.8. The molecule has 1 aliphatic carbocycles. The number of likely N-dealkylation sites (tertiary alicyclic amines) is 1. The number of hydrogen-bond acceptors (Lipinski definition) is 8. The predicted molar refractivity (Wildman–Crippen MR) is 172 cm³/mol. The molecule has 0 spiro atoms. The monoisotopic (exact) mass is 571 g/mol. The first-order chi connectivity index (χ1) is 20.4. The van der Waals surface area contributed by atoms with Crippen LogP contribution < -0.4 is 16.4 Å². The Hall–Kier alpha value is -4.11. The molecule has 2 fully saturated rings. The Morgan fingerprint density at radius 1 is 1.10 bits per heavy atom. The number of carbonyl (C=O) groups excluding carboxylic acids is 2. The van der Waals surface area contributed by atoms with Crippen LogP contribution in [-0.4, -0.2) is 58.2 Å². The van der Waals surface area contributed by atoms with Gasteiger partial charge in [0.25, 0.3) is 5.91 Å². The molecular weight excluding hydrogens is 526 g/mol. The lowest BCUT2D eigenvalue weighted by atomic mass is 9.89. The zero-order chi connectivity index (χ0) is 30.3. The van der Waals surface area contributed by atoms with Crippen LogP contribution in [0.2, 0.25) is 0 Å². The molecule has 0 unspecified atom stereocenters. The van der Waals surface area contributed by atoms with Gasteiger partial charge in [-0.05, 0) is 39.2 Å². The number of allylic oxidation sites excluding steroid dienone is 6. The molecule has 0 aromatic carbocycles. The number of hydrogen-bond donors (Lipinski definition) is 3. The molecule has 2 aromatic rings. The van der Waals surface area contributed by atoms with Crippen molar-refractivity contribution in [2.75, 3.05) is 30.8 Å². The summed E-state index contributed by atoms with van der Waals surface area (Å²) in [4.78, 5) is 38.8. The van der Waals surface area contributed by atoms with E-state index in [9.17, 15) is 9.59 Å². The quantitative estimate of drug-likeness (QED) is 0.193. The Morgan fingerprint density at radius 3 is 2.40 bits per heavy atom. The van der Waals surface area contributed by atoms with Gasteiger partial charge in [-0.15, -0.1) is 0 Å². The van der Waals surface area contributed by atoms with Gasteiger partial charge < -0.3 is 21.2 Å². The minimum Gasteiger partial charge on any atom is -0.404 e. The van der Waals surface area contributed by atoms with E-state index in [2.05, 4.69) is 43.5 Å². The van der Waals surface area contributed by atoms with Crippen LogP contribution in [-0.2, 0) is 9.59 Å². The number of pyridine rings is 1. The van der Waals surface area contributed by atoms with E-state index in [1.54, 1.807) is 31.7 Å². The van der Waals surface area contributed by atoms with Crippen molar-refractivity contribution in [3.8, 4) is 0 Å². The number of aryl methyl sites for hydroxylation is 1. The number of nitrogens with one attached hydrogen (secondary N) is 2. The molecule has 224 valence electrons. The molecule has 0 bridgehead atoms. The molecule has 0 radical (unpaired) electrons. The van der Waals surface area contributed by atoms with Crippen LogP contribution in [0.25, 0.3) is 11.1 Å². The molecule has 1 saturated heterocycles. The van der Waals surface area contributed by atoms with Gasteiger partial charge in [0.15, 0.2) is 0 Å². The molecule has 3 heterocycles. The lowest BCUT2D eigenvalue weighted by Crippen LogP contribution is -2.53. The Bertz CT molecular complexity index is 1290. The van der Waals surface area contributed by atoms with Crippen LogP contribution in [0.1, 0.15) is 69.5 Å². The molecule has 4 rings (SSSR count). The average molecular weight is 572 g/mol. The topological polar surface area (TPSA) is 126 Å². The second-order valence-electron chi connectivity index (χ2n) is 10.5. The minimum absolute atomic E-state index is 0.228. The zero-order valence-electron chi connectivity index (χ0n) is 25.3. The Labute approximate surface area is 250 Å². The second kappa shape index (κ2) is 17.0. The third kappa shape index (κ3) is 9.21. The van der Waals surface area contributed by atoms with Crippen LogP contribution in [0.15, 0.2) is 61.2 Å². The van der Waals surface area contributed by atoms with Gasteiger partial charge in [0, 0.05) is 43.9 Å². The first-order valence-corrected chi connectivity index (χ1v) is 14.8. The van der Waals surface area contributed by atoms with E-state index >= 15 is 0 Å². The highest BCUT2D eigenvalue weighted by atomic mass is 16.1. The number of rotatable bonds is 10. The molecular formula is C33H45N7O2. The van der Waals surface area contributed by atoms with Crippen molar-refractivity contribution < 1.29 is 9.59 Å². The number of amides is 1. The van der Waals surface area contributed by atoms with Crippen molar-refractivity contribution in [3.05, 3.63) is 78.3 Å². The van der Waals surface area contributed by atoms with E-state index in [0.717, 1.165) is 43.1 Å². The fourth-order valence-corrected chi connectivity index (χ4v) is 4.97. The summed E-state index contributed by atoms with van der Waals surface area (Å²) in [6.07, 6.45) is 25.0. The van der Waals surface area contributed by atoms with Crippen LogP contribution in [0, 0.1) is 12.8 Å². The van der Waals surface area contributed by atoms with Crippen LogP contribution >= 0.6 is 0 Å². The number of aromatic nitrogens is 3. The van der Waals surface area contributed by atoms with E-state index in [0.29, 0.717) is 28.7 Å². The highest BCUT2D eigenvalue weighted by Crippen LogP contribution is 2.27. The lowest BCUT2D eigenvalue weighted by Gasteiger charge is -2.43. The van der Waals surface area contributed by atoms with E-state index < -0.39 is 0 Å². The summed E-state index contributed by atoms with van der Waals surface area (Å²) in [6, 6.07) is 2.62. The zero-order valence-corrected chi connectivity index (χ0v) is 25.3. The predicted octanol–water partition coefficient (Wildman–Crippen LogP) is 5.54.